The second-order valence-corrected chi connectivity index (χ2v) is 8.98. The number of benzene rings is 3. The van der Waals surface area contributed by atoms with E-state index < -0.39 is 0 Å². The Kier molecular flexibility index (Phi) is 5.51. The predicted molar refractivity (Wildman–Crippen MR) is 129 cm³/mol. The number of nitrogens with zero attached hydrogens (tertiary/aromatic N) is 3. The van der Waals surface area contributed by atoms with Gasteiger partial charge in [0, 0.05) is 30.0 Å². The Labute approximate surface area is 194 Å². The molecule has 8 heteroatoms. The summed E-state index contributed by atoms with van der Waals surface area (Å²) in [6, 6.07) is 19.2. The van der Waals surface area contributed by atoms with Crippen LogP contribution in [0.2, 0.25) is 0 Å². The van der Waals surface area contributed by atoms with Gasteiger partial charge in [0.25, 0.3) is 0 Å². The van der Waals surface area contributed by atoms with Gasteiger partial charge in [-0.15, -0.1) is 11.3 Å². The molecule has 0 saturated carbocycles. The average Bonchev–Trinajstić information content (AvgIpc) is 3.38. The molecule has 33 heavy (non-hydrogen) atoms. The van der Waals surface area contributed by atoms with Crippen molar-refractivity contribution < 1.29 is 14.0 Å². The minimum Gasteiger partial charge on any atom is -0.325 e. The molecule has 5 rings (SSSR count). The van der Waals surface area contributed by atoms with Crippen LogP contribution in [0, 0.1) is 12.7 Å². The molecule has 0 atom stereocenters. The Morgan fingerprint density at radius 3 is 2.58 bits per heavy atom. The molecule has 0 unspecified atom stereocenters. The van der Waals surface area contributed by atoms with E-state index in [9.17, 15) is 14.0 Å². The topological polar surface area (TPSA) is 65.5 Å². The largest absolute Gasteiger partial charge is 0.325 e. The first-order chi connectivity index (χ1) is 16.0. The Morgan fingerprint density at radius 1 is 1.06 bits per heavy atom. The number of thiazole rings is 1. The van der Waals surface area contributed by atoms with Crippen LogP contribution >= 0.6 is 11.3 Å². The summed E-state index contributed by atoms with van der Waals surface area (Å²) in [5.41, 5.74) is 4.43. The molecular formula is C25H21FN4O2S. The molecule has 0 bridgehead atoms. The number of carbonyl (C=O) groups excluding carboxylic acids is 2. The van der Waals surface area contributed by atoms with Crippen LogP contribution in [0.15, 0.2) is 66.7 Å². The van der Waals surface area contributed by atoms with E-state index in [0.717, 1.165) is 20.8 Å². The van der Waals surface area contributed by atoms with Crippen LogP contribution in [-0.4, -0.2) is 41.5 Å². The van der Waals surface area contributed by atoms with Crippen molar-refractivity contribution in [2.24, 2.45) is 0 Å². The second kappa shape index (κ2) is 8.63. The van der Waals surface area contributed by atoms with Gasteiger partial charge in [-0.1, -0.05) is 6.07 Å². The summed E-state index contributed by atoms with van der Waals surface area (Å²) in [5, 5.41) is 3.77. The van der Waals surface area contributed by atoms with Gasteiger partial charge in [0.15, 0.2) is 0 Å². The highest BCUT2D eigenvalue weighted by atomic mass is 32.1. The molecule has 3 amide bonds. The predicted octanol–water partition coefficient (Wildman–Crippen LogP) is 5.29. The van der Waals surface area contributed by atoms with Crippen LogP contribution in [0.5, 0.6) is 0 Å². The Morgan fingerprint density at radius 2 is 1.82 bits per heavy atom. The zero-order valence-corrected chi connectivity index (χ0v) is 18.7. The fourth-order valence-electron chi connectivity index (χ4n) is 3.82. The molecule has 1 N–H and O–H groups in total. The Balaban J connectivity index is 1.21. The lowest BCUT2D eigenvalue weighted by Gasteiger charge is -2.18. The van der Waals surface area contributed by atoms with E-state index in [1.807, 2.05) is 30.3 Å². The SMILES string of the molecule is Cc1ccc2nc(-c3ccc(NC(=O)CN4CCN(c5ccc(F)cc5)C4=O)cc3)sc2c1. The molecule has 0 radical (unpaired) electrons. The van der Waals surface area contributed by atoms with E-state index in [1.54, 1.807) is 28.4 Å². The van der Waals surface area contributed by atoms with E-state index >= 15 is 0 Å². The quantitative estimate of drug-likeness (QED) is 0.440. The molecule has 6 nitrogen and oxygen atoms in total. The van der Waals surface area contributed by atoms with Crippen molar-refractivity contribution in [3.63, 3.8) is 0 Å². The number of anilines is 2. The number of carbonyl (C=O) groups is 2. The summed E-state index contributed by atoms with van der Waals surface area (Å²) in [5.74, 6) is -0.626. The summed E-state index contributed by atoms with van der Waals surface area (Å²) in [7, 11) is 0. The van der Waals surface area contributed by atoms with Gasteiger partial charge in [-0.3, -0.25) is 9.69 Å². The number of urea groups is 1. The van der Waals surface area contributed by atoms with Gasteiger partial charge in [-0.05, 0) is 73.2 Å². The third kappa shape index (κ3) is 4.42. The van der Waals surface area contributed by atoms with Gasteiger partial charge in [-0.2, -0.15) is 0 Å². The van der Waals surface area contributed by atoms with Crippen molar-refractivity contribution in [1.82, 2.24) is 9.88 Å². The first-order valence-corrected chi connectivity index (χ1v) is 11.4. The highest BCUT2D eigenvalue weighted by Crippen LogP contribution is 2.31. The third-order valence-corrected chi connectivity index (χ3v) is 6.59. The van der Waals surface area contributed by atoms with Gasteiger partial charge in [0.05, 0.1) is 10.2 Å². The average molecular weight is 461 g/mol. The number of nitrogens with one attached hydrogen (secondary N) is 1. The number of hydrogen-bond acceptors (Lipinski definition) is 4. The minimum absolute atomic E-state index is 0.0461. The molecule has 0 spiro atoms. The molecule has 166 valence electrons. The third-order valence-electron chi connectivity index (χ3n) is 5.53. The molecule has 4 aromatic rings. The Hall–Kier alpha value is -3.78. The lowest BCUT2D eigenvalue weighted by molar-refractivity contribution is -0.116. The first-order valence-electron chi connectivity index (χ1n) is 10.6. The number of halogens is 1. The van der Waals surface area contributed by atoms with Crippen LogP contribution in [-0.2, 0) is 4.79 Å². The summed E-state index contributed by atoms with van der Waals surface area (Å²) in [6.07, 6.45) is 0. The van der Waals surface area contributed by atoms with Crippen LogP contribution in [0.1, 0.15) is 5.56 Å². The van der Waals surface area contributed by atoms with Crippen LogP contribution in [0.3, 0.4) is 0 Å². The van der Waals surface area contributed by atoms with Crippen molar-refractivity contribution in [3.05, 3.63) is 78.1 Å². The van der Waals surface area contributed by atoms with Crippen molar-refractivity contribution >= 4 is 44.9 Å². The van der Waals surface area contributed by atoms with Crippen molar-refractivity contribution in [2.75, 3.05) is 29.9 Å². The van der Waals surface area contributed by atoms with E-state index in [-0.39, 0.29) is 24.3 Å². The lowest BCUT2D eigenvalue weighted by Crippen LogP contribution is -2.37. The van der Waals surface area contributed by atoms with Gasteiger partial charge in [-0.25, -0.2) is 14.2 Å². The maximum Gasteiger partial charge on any atom is 0.325 e. The summed E-state index contributed by atoms with van der Waals surface area (Å²) >= 11 is 1.64. The van der Waals surface area contributed by atoms with Crippen LogP contribution < -0.4 is 10.2 Å². The molecule has 3 aromatic carbocycles. The number of aryl methyl sites for hydroxylation is 1. The second-order valence-electron chi connectivity index (χ2n) is 7.95. The van der Waals surface area contributed by atoms with E-state index in [4.69, 9.17) is 0 Å². The molecular weight excluding hydrogens is 439 g/mol. The van der Waals surface area contributed by atoms with Crippen LogP contribution in [0.4, 0.5) is 20.6 Å². The molecule has 1 fully saturated rings. The van der Waals surface area contributed by atoms with E-state index in [0.29, 0.717) is 24.5 Å². The fourth-order valence-corrected chi connectivity index (χ4v) is 4.88. The molecule has 1 aliphatic rings. The number of aromatic nitrogens is 1. The smallest absolute Gasteiger partial charge is 0.325 e. The van der Waals surface area contributed by atoms with Crippen molar-refractivity contribution in [2.45, 2.75) is 6.92 Å². The lowest BCUT2D eigenvalue weighted by atomic mass is 10.2. The van der Waals surface area contributed by atoms with Gasteiger partial charge >= 0.3 is 6.03 Å². The van der Waals surface area contributed by atoms with Crippen molar-refractivity contribution in [3.8, 4) is 10.6 Å². The standard InChI is InChI=1S/C25H21FN4O2S/c1-16-2-11-21-22(14-16)33-24(28-21)17-3-7-19(8-4-17)27-23(31)15-29-12-13-30(25(29)32)20-9-5-18(26)6-10-20/h2-11,14H,12-13,15H2,1H3,(H,27,31). The number of rotatable bonds is 5. The molecule has 1 aliphatic heterocycles. The minimum atomic E-state index is -0.356. The molecule has 1 aromatic heterocycles. The maximum atomic E-state index is 13.1. The zero-order chi connectivity index (χ0) is 22.9. The molecule has 1 saturated heterocycles. The normalized spacial score (nSPS) is 13.7. The van der Waals surface area contributed by atoms with Gasteiger partial charge in [0.2, 0.25) is 5.91 Å². The monoisotopic (exact) mass is 460 g/mol. The van der Waals surface area contributed by atoms with Gasteiger partial charge < -0.3 is 10.2 Å². The number of hydrogen-bond donors (Lipinski definition) is 1. The van der Waals surface area contributed by atoms with E-state index in [2.05, 4.69) is 29.4 Å². The highest BCUT2D eigenvalue weighted by Gasteiger charge is 2.30. The van der Waals surface area contributed by atoms with E-state index in [1.165, 1.54) is 22.6 Å². The maximum absolute atomic E-state index is 13.1. The number of amides is 3. The fraction of sp³-hybridized carbons (Fsp3) is 0.160. The van der Waals surface area contributed by atoms with Gasteiger partial charge in [0.1, 0.15) is 17.4 Å². The summed E-state index contributed by atoms with van der Waals surface area (Å²) < 4.78 is 14.3. The summed E-state index contributed by atoms with van der Waals surface area (Å²) in [4.78, 5) is 32.9. The first kappa shape index (κ1) is 21.1. The van der Waals surface area contributed by atoms with Crippen LogP contribution in [0.25, 0.3) is 20.8 Å². The Bertz CT molecular complexity index is 1340. The summed E-state index contributed by atoms with van der Waals surface area (Å²) in [6.45, 7) is 2.90. The highest BCUT2D eigenvalue weighted by molar-refractivity contribution is 7.21. The number of fused-ring (bicyclic) bond motifs is 1. The zero-order valence-electron chi connectivity index (χ0n) is 17.9. The van der Waals surface area contributed by atoms with Crippen molar-refractivity contribution in [1.29, 1.82) is 0 Å². The molecule has 0 aliphatic carbocycles. The molecule has 2 heterocycles.